The van der Waals surface area contributed by atoms with Gasteiger partial charge in [-0.3, -0.25) is 0 Å². The van der Waals surface area contributed by atoms with E-state index < -0.39 is 6.29 Å². The van der Waals surface area contributed by atoms with Crippen LogP contribution in [0.4, 0.5) is 0 Å². The van der Waals surface area contributed by atoms with Crippen molar-refractivity contribution >= 4 is 0 Å². The first-order valence-corrected chi connectivity index (χ1v) is 4.87. The van der Waals surface area contributed by atoms with Gasteiger partial charge < -0.3 is 14.9 Å². The molecule has 1 aliphatic heterocycles. The van der Waals surface area contributed by atoms with Gasteiger partial charge in [-0.2, -0.15) is 0 Å². The van der Waals surface area contributed by atoms with Crippen molar-refractivity contribution in [3.63, 3.8) is 0 Å². The Labute approximate surface area is 78.0 Å². The Hall–Kier alpha value is -0.540. The van der Waals surface area contributed by atoms with E-state index in [9.17, 15) is 5.11 Å². The molecule has 74 valence electrons. The van der Waals surface area contributed by atoms with Crippen LogP contribution < -0.4 is 0 Å². The predicted molar refractivity (Wildman–Crippen MR) is 47.6 cm³/mol. The van der Waals surface area contributed by atoms with E-state index in [1.165, 1.54) is 6.26 Å². The normalized spacial score (nSPS) is 43.8. The molecule has 3 heteroatoms. The van der Waals surface area contributed by atoms with Crippen molar-refractivity contribution in [3.8, 4) is 0 Å². The molecule has 0 spiro atoms. The predicted octanol–water partition coefficient (Wildman–Crippen LogP) is 0.873. The lowest BCUT2D eigenvalue weighted by Crippen LogP contribution is -2.34. The van der Waals surface area contributed by atoms with E-state index in [4.69, 9.17) is 9.84 Å². The molecule has 2 rings (SSSR count). The molecule has 0 unspecified atom stereocenters. The van der Waals surface area contributed by atoms with Crippen molar-refractivity contribution in [1.29, 1.82) is 0 Å². The molecule has 3 nitrogen and oxygen atoms in total. The highest BCUT2D eigenvalue weighted by Gasteiger charge is 2.43. The third-order valence-corrected chi connectivity index (χ3v) is 3.40. The van der Waals surface area contributed by atoms with E-state index >= 15 is 0 Å². The molecule has 2 N–H and O–H groups in total. The van der Waals surface area contributed by atoms with Gasteiger partial charge >= 0.3 is 0 Å². The Bertz CT molecular complexity index is 224. The van der Waals surface area contributed by atoms with Crippen molar-refractivity contribution in [1.82, 2.24) is 0 Å². The maximum absolute atomic E-state index is 9.61. The third-order valence-electron chi connectivity index (χ3n) is 3.40. The molecule has 0 saturated heterocycles. The molecular weight excluding hydrogens is 168 g/mol. The first kappa shape index (κ1) is 9.03. The average Bonchev–Trinajstić information content (AvgIpc) is 2.50. The van der Waals surface area contributed by atoms with E-state index in [1.807, 2.05) is 0 Å². The van der Waals surface area contributed by atoms with Gasteiger partial charge in [0.25, 0.3) is 0 Å². The highest BCUT2D eigenvalue weighted by Crippen LogP contribution is 2.45. The summed E-state index contributed by atoms with van der Waals surface area (Å²) >= 11 is 0. The topological polar surface area (TPSA) is 49.7 Å². The summed E-state index contributed by atoms with van der Waals surface area (Å²) < 4.78 is 5.10. The van der Waals surface area contributed by atoms with Gasteiger partial charge in [-0.1, -0.05) is 6.92 Å². The summed E-state index contributed by atoms with van der Waals surface area (Å²) in [7, 11) is 0. The van der Waals surface area contributed by atoms with Gasteiger partial charge in [-0.15, -0.1) is 0 Å². The van der Waals surface area contributed by atoms with Crippen LogP contribution >= 0.6 is 0 Å². The van der Waals surface area contributed by atoms with Crippen LogP contribution in [0.1, 0.15) is 19.8 Å². The summed E-state index contributed by atoms with van der Waals surface area (Å²) in [5.74, 6) is 1.02. The highest BCUT2D eigenvalue weighted by atomic mass is 16.6. The summed E-state index contributed by atoms with van der Waals surface area (Å²) in [5.41, 5.74) is 0.944. The van der Waals surface area contributed by atoms with Gasteiger partial charge in [-0.05, 0) is 30.3 Å². The van der Waals surface area contributed by atoms with Crippen LogP contribution in [0.5, 0.6) is 0 Å². The summed E-state index contributed by atoms with van der Waals surface area (Å²) in [6.45, 7) is 2.19. The number of ether oxygens (including phenoxy) is 1. The van der Waals surface area contributed by atoms with Crippen molar-refractivity contribution < 1.29 is 14.9 Å². The summed E-state index contributed by atoms with van der Waals surface area (Å²) in [6.07, 6.45) is 3.05. The second-order valence-electron chi connectivity index (χ2n) is 4.12. The average molecular weight is 184 g/mol. The molecule has 0 bridgehead atoms. The van der Waals surface area contributed by atoms with E-state index in [0.29, 0.717) is 11.8 Å². The molecule has 1 aliphatic carbocycles. The van der Waals surface area contributed by atoms with Crippen molar-refractivity contribution in [2.24, 2.45) is 17.8 Å². The van der Waals surface area contributed by atoms with Crippen molar-refractivity contribution in [3.05, 3.63) is 11.8 Å². The number of fused-ring (bicyclic) bond motifs is 1. The first-order valence-electron chi connectivity index (χ1n) is 4.87. The zero-order valence-electron chi connectivity index (χ0n) is 7.81. The smallest absolute Gasteiger partial charge is 0.200 e. The molecule has 0 aromatic heterocycles. The minimum absolute atomic E-state index is 0.0562. The van der Waals surface area contributed by atoms with Crippen LogP contribution in [0.15, 0.2) is 11.8 Å². The quantitative estimate of drug-likeness (QED) is 0.636. The van der Waals surface area contributed by atoms with Gasteiger partial charge in [0.15, 0.2) is 6.29 Å². The zero-order chi connectivity index (χ0) is 9.42. The lowest BCUT2D eigenvalue weighted by atomic mass is 9.84. The highest BCUT2D eigenvalue weighted by molar-refractivity contribution is 5.12. The van der Waals surface area contributed by atoms with Crippen molar-refractivity contribution in [2.75, 3.05) is 6.61 Å². The van der Waals surface area contributed by atoms with Crippen molar-refractivity contribution in [2.45, 2.75) is 26.1 Å². The molecule has 2 aliphatic rings. The Morgan fingerprint density at radius 2 is 2.31 bits per heavy atom. The zero-order valence-corrected chi connectivity index (χ0v) is 7.81. The van der Waals surface area contributed by atoms with E-state index in [-0.39, 0.29) is 12.5 Å². The monoisotopic (exact) mass is 184 g/mol. The largest absolute Gasteiger partial charge is 0.472 e. The van der Waals surface area contributed by atoms with Crippen LogP contribution in [0.25, 0.3) is 0 Å². The molecule has 1 saturated carbocycles. The fourth-order valence-corrected chi connectivity index (χ4v) is 2.63. The Morgan fingerprint density at radius 1 is 1.54 bits per heavy atom. The summed E-state index contributed by atoms with van der Waals surface area (Å²) in [6, 6.07) is 0. The second kappa shape index (κ2) is 3.31. The maximum atomic E-state index is 9.61. The second-order valence-corrected chi connectivity index (χ2v) is 4.12. The fraction of sp³-hybridized carbons (Fsp3) is 0.800. The van der Waals surface area contributed by atoms with Crippen LogP contribution in [-0.4, -0.2) is 23.1 Å². The minimum atomic E-state index is -0.669. The van der Waals surface area contributed by atoms with E-state index in [0.717, 1.165) is 18.4 Å². The van der Waals surface area contributed by atoms with Gasteiger partial charge in [0.05, 0.1) is 12.9 Å². The minimum Gasteiger partial charge on any atom is -0.472 e. The van der Waals surface area contributed by atoms with Gasteiger partial charge in [0, 0.05) is 5.92 Å². The molecule has 13 heavy (non-hydrogen) atoms. The molecule has 4 atom stereocenters. The molecule has 0 aromatic rings. The number of aliphatic hydroxyl groups excluding tert-OH is 2. The van der Waals surface area contributed by atoms with Crippen LogP contribution in [-0.2, 0) is 4.74 Å². The van der Waals surface area contributed by atoms with E-state index in [1.54, 1.807) is 0 Å². The molecule has 0 radical (unpaired) electrons. The van der Waals surface area contributed by atoms with Crippen LogP contribution in [0.3, 0.4) is 0 Å². The van der Waals surface area contributed by atoms with Gasteiger partial charge in [0.1, 0.15) is 0 Å². The standard InChI is InChI=1S/C10H16O3/c1-6-2-3-8-7(4-11)5-13-10(12)9(6)8/h5-6,8-12H,2-4H2,1H3/t6-,8+,9+,10+/m0/s1. The van der Waals surface area contributed by atoms with E-state index in [2.05, 4.69) is 6.92 Å². The summed E-state index contributed by atoms with van der Waals surface area (Å²) in [4.78, 5) is 0. The summed E-state index contributed by atoms with van der Waals surface area (Å²) in [5, 5.41) is 18.7. The Balaban J connectivity index is 2.21. The molecule has 0 amide bonds. The third kappa shape index (κ3) is 1.36. The Kier molecular flexibility index (Phi) is 2.30. The number of hydrogen-bond acceptors (Lipinski definition) is 3. The number of rotatable bonds is 1. The molecular formula is C10H16O3. The van der Waals surface area contributed by atoms with Crippen LogP contribution in [0.2, 0.25) is 0 Å². The SMILES string of the molecule is C[C@H]1CC[C@@H]2C(CO)=CO[C@@H](O)[C@@H]21. The van der Waals surface area contributed by atoms with Crippen LogP contribution in [0, 0.1) is 17.8 Å². The molecule has 1 fully saturated rings. The first-order chi connectivity index (χ1) is 6.24. The van der Waals surface area contributed by atoms with Gasteiger partial charge in [-0.25, -0.2) is 0 Å². The lowest BCUT2D eigenvalue weighted by Gasteiger charge is -2.32. The van der Waals surface area contributed by atoms with Gasteiger partial charge in [0.2, 0.25) is 0 Å². The number of hydrogen-bond donors (Lipinski definition) is 2. The Morgan fingerprint density at radius 3 is 3.00 bits per heavy atom. The fourth-order valence-electron chi connectivity index (χ4n) is 2.63. The lowest BCUT2D eigenvalue weighted by molar-refractivity contribution is -0.122. The maximum Gasteiger partial charge on any atom is 0.200 e. The molecule has 0 aromatic carbocycles. The number of aliphatic hydroxyl groups is 2. The molecule has 1 heterocycles.